The highest BCUT2D eigenvalue weighted by atomic mass is 16.5. The Morgan fingerprint density at radius 3 is 3.00 bits per heavy atom. The molecule has 0 saturated carbocycles. The maximum absolute atomic E-state index is 10.1. The average Bonchev–Trinajstić information content (AvgIpc) is 1.68. The van der Waals surface area contributed by atoms with Gasteiger partial charge in [0.1, 0.15) is 0 Å². The van der Waals surface area contributed by atoms with Crippen LogP contribution in [0.3, 0.4) is 0 Å². The monoisotopic (exact) mass is 112 g/mol. The Morgan fingerprint density at radius 2 is 2.62 bits per heavy atom. The number of hydrogen-bond donors (Lipinski definition) is 0. The van der Waals surface area contributed by atoms with Gasteiger partial charge in [-0.1, -0.05) is 0 Å². The first-order valence-electron chi connectivity index (χ1n) is 2.20. The van der Waals surface area contributed by atoms with E-state index in [2.05, 4.69) is 4.74 Å². The first kappa shape index (κ1) is 6.92. The maximum atomic E-state index is 10.1. The average molecular weight is 112 g/mol. The summed E-state index contributed by atoms with van der Waals surface area (Å²) in [5, 5.41) is 7.86. The first-order valence-corrected chi connectivity index (χ1v) is 2.20. The number of nitrogens with zero attached hydrogens (tertiary/aromatic N) is 1. The predicted octanol–water partition coefficient (Wildman–Crippen LogP) is 0.345. The third-order valence-electron chi connectivity index (χ3n) is 0.469. The summed E-state index contributed by atoms with van der Waals surface area (Å²) in [6.07, 6.45) is 0.823. The molecule has 0 aliphatic carbocycles. The van der Waals surface area contributed by atoms with Crippen LogP contribution in [0.4, 0.5) is 0 Å². The van der Waals surface area contributed by atoms with Crippen LogP contribution in [-0.4, -0.2) is 18.4 Å². The first-order chi connectivity index (χ1) is 3.81. The van der Waals surface area contributed by atoms with Crippen LogP contribution in [0.15, 0.2) is 6.08 Å². The van der Waals surface area contributed by atoms with Gasteiger partial charge >= 0.3 is 5.97 Å². The second-order valence-electron chi connectivity index (χ2n) is 1.03. The Labute approximate surface area is 47.5 Å². The highest BCUT2D eigenvalue weighted by Gasteiger charge is 1.87. The molecule has 0 spiro atoms. The lowest BCUT2D eigenvalue weighted by Crippen LogP contribution is -1.98. The van der Waals surface area contributed by atoms with Crippen LogP contribution in [0, 0.1) is 0 Å². The van der Waals surface area contributed by atoms with Crippen molar-refractivity contribution in [1.29, 1.82) is 0 Å². The van der Waals surface area contributed by atoms with Gasteiger partial charge in [0.2, 0.25) is 0 Å². The van der Waals surface area contributed by atoms with Crippen LogP contribution >= 0.6 is 0 Å². The molecule has 0 heterocycles. The van der Waals surface area contributed by atoms with Gasteiger partial charge in [-0.15, -0.1) is 0 Å². The van der Waals surface area contributed by atoms with Gasteiger partial charge in [-0.25, -0.2) is 4.79 Å². The zero-order valence-corrected chi connectivity index (χ0v) is 4.55. The minimum Gasteiger partial charge on any atom is -0.763 e. The van der Waals surface area contributed by atoms with Crippen LogP contribution in [0.1, 0.15) is 6.92 Å². The largest absolute Gasteiger partial charge is 0.763 e. The van der Waals surface area contributed by atoms with Crippen molar-refractivity contribution in [2.45, 2.75) is 6.92 Å². The Bertz CT molecular complexity index is 124. The van der Waals surface area contributed by atoms with Crippen LogP contribution < -0.4 is 0 Å². The molecule has 44 valence electrons. The number of carbonyl (C=O) groups is 1. The van der Waals surface area contributed by atoms with Gasteiger partial charge < -0.3 is 10.1 Å². The topological polar surface area (TPSA) is 48.6 Å². The summed E-state index contributed by atoms with van der Waals surface area (Å²) >= 11 is 0. The molecule has 0 aromatic carbocycles. The molecule has 0 aliphatic rings. The fourth-order valence-electron chi connectivity index (χ4n) is 0.237. The second kappa shape index (κ2) is 4.09. The molecule has 0 amide bonds. The quantitative estimate of drug-likeness (QED) is 0.294. The lowest BCUT2D eigenvalue weighted by molar-refractivity contribution is -0.137. The van der Waals surface area contributed by atoms with Crippen molar-refractivity contribution in [2.24, 2.45) is 0 Å². The van der Waals surface area contributed by atoms with Gasteiger partial charge in [0.15, 0.2) is 0 Å². The van der Waals surface area contributed by atoms with Crippen LogP contribution in [0.25, 0.3) is 5.41 Å². The minimum atomic E-state index is -0.574. The Morgan fingerprint density at radius 1 is 2.00 bits per heavy atom. The molecule has 0 unspecified atom stereocenters. The lowest BCUT2D eigenvalue weighted by Gasteiger charge is -1.91. The Kier molecular flexibility index (Phi) is 3.54. The molecule has 0 N–H and O–H groups in total. The van der Waals surface area contributed by atoms with Crippen molar-refractivity contribution in [3.8, 4) is 0 Å². The fourth-order valence-corrected chi connectivity index (χ4v) is 0.237. The predicted molar refractivity (Wildman–Crippen MR) is 29.6 cm³/mol. The summed E-state index contributed by atoms with van der Waals surface area (Å²) in [6, 6.07) is 0. The Hall–Kier alpha value is -1.08. The van der Waals surface area contributed by atoms with Crippen LogP contribution in [0.2, 0.25) is 0 Å². The highest BCUT2D eigenvalue weighted by molar-refractivity contribution is 5.91. The second-order valence-corrected chi connectivity index (χ2v) is 1.03. The molecule has 0 rings (SSSR count). The van der Waals surface area contributed by atoms with Crippen molar-refractivity contribution in [3.05, 3.63) is 11.5 Å². The van der Waals surface area contributed by atoms with Gasteiger partial charge in [-0.3, -0.25) is 5.87 Å². The molecule has 0 aliphatic heterocycles. The highest BCUT2D eigenvalue weighted by Crippen LogP contribution is 1.74. The van der Waals surface area contributed by atoms with Gasteiger partial charge in [0.25, 0.3) is 0 Å². The summed E-state index contributed by atoms with van der Waals surface area (Å²) in [5.74, 6) is 0.979. The van der Waals surface area contributed by atoms with E-state index in [1.807, 2.05) is 0 Å². The smallest absolute Gasteiger partial charge is 0.336 e. The van der Waals surface area contributed by atoms with E-state index in [1.165, 1.54) is 0 Å². The molecule has 0 atom stereocenters. The van der Waals surface area contributed by atoms with Gasteiger partial charge in [0.05, 0.1) is 6.61 Å². The van der Waals surface area contributed by atoms with Crippen molar-refractivity contribution in [3.63, 3.8) is 0 Å². The molecular formula is C5H6NO2-. The standard InChI is InChI=1S/C5H6NO2/c1-2-8-5(7)3-4-6/h3H,2H2,1H3/q-1. The normalized spacial score (nSPS) is 7.12. The number of carbonyl (C=O) groups excluding carboxylic acids is 1. The number of esters is 1. The SMILES string of the molecule is CCOC(=O)C=C=[N-]. The van der Waals surface area contributed by atoms with Crippen molar-refractivity contribution in [1.82, 2.24) is 0 Å². The fraction of sp³-hybridized carbons (Fsp3) is 0.400. The number of hydrogen-bond acceptors (Lipinski definition) is 2. The summed E-state index contributed by atoms with van der Waals surface area (Å²) in [7, 11) is 0. The van der Waals surface area contributed by atoms with E-state index in [0.29, 0.717) is 6.61 Å². The van der Waals surface area contributed by atoms with Gasteiger partial charge in [-0.2, -0.15) is 0 Å². The van der Waals surface area contributed by atoms with E-state index < -0.39 is 5.97 Å². The van der Waals surface area contributed by atoms with E-state index in [4.69, 9.17) is 5.41 Å². The molecule has 0 saturated heterocycles. The van der Waals surface area contributed by atoms with E-state index in [9.17, 15) is 4.79 Å². The van der Waals surface area contributed by atoms with Crippen LogP contribution in [-0.2, 0) is 9.53 Å². The molecule has 0 aromatic rings. The summed E-state index contributed by atoms with van der Waals surface area (Å²) in [5.41, 5.74) is 0. The molecule has 0 fully saturated rings. The molecule has 0 radical (unpaired) electrons. The summed E-state index contributed by atoms with van der Waals surface area (Å²) < 4.78 is 4.37. The van der Waals surface area contributed by atoms with Crippen molar-refractivity contribution in [2.75, 3.05) is 6.61 Å². The molecule has 0 aromatic heterocycles. The molecule has 8 heavy (non-hydrogen) atoms. The number of ether oxygens (including phenoxy) is 1. The number of rotatable bonds is 2. The van der Waals surface area contributed by atoms with E-state index in [1.54, 1.807) is 12.8 Å². The molecule has 0 bridgehead atoms. The van der Waals surface area contributed by atoms with E-state index in [0.717, 1.165) is 6.08 Å². The van der Waals surface area contributed by atoms with E-state index in [-0.39, 0.29) is 0 Å². The summed E-state index contributed by atoms with van der Waals surface area (Å²) in [4.78, 5) is 10.1. The molecular weight excluding hydrogens is 106 g/mol. The third kappa shape index (κ3) is 3.12. The minimum absolute atomic E-state index is 0.316. The maximum Gasteiger partial charge on any atom is 0.336 e. The molecule has 3 nitrogen and oxygen atoms in total. The molecule has 3 heteroatoms. The zero-order chi connectivity index (χ0) is 6.41. The summed E-state index contributed by atoms with van der Waals surface area (Å²) in [6.45, 7) is 2.00. The van der Waals surface area contributed by atoms with Crippen LogP contribution in [0.5, 0.6) is 0 Å². The van der Waals surface area contributed by atoms with E-state index >= 15 is 0 Å². The zero-order valence-electron chi connectivity index (χ0n) is 4.55. The van der Waals surface area contributed by atoms with Crippen molar-refractivity contribution < 1.29 is 9.53 Å². The van der Waals surface area contributed by atoms with Gasteiger partial charge in [-0.05, 0) is 6.92 Å². The lowest BCUT2D eigenvalue weighted by atomic mass is 10.6. The Balaban J connectivity index is 3.49. The van der Waals surface area contributed by atoms with Crippen molar-refractivity contribution >= 4 is 11.8 Å². The van der Waals surface area contributed by atoms with Gasteiger partial charge in [0, 0.05) is 6.08 Å². The third-order valence-corrected chi connectivity index (χ3v) is 0.469.